The van der Waals surface area contributed by atoms with Gasteiger partial charge in [-0.15, -0.1) is 0 Å². The predicted molar refractivity (Wildman–Crippen MR) is 43.4 cm³/mol. The molecule has 1 heterocycles. The first-order valence-electron chi connectivity index (χ1n) is 3.83. The highest BCUT2D eigenvalue weighted by molar-refractivity contribution is 4.96. The molecule has 3 nitrogen and oxygen atoms in total. The standard InChI is InChI=1S/C8H14N2O/c1-6(2)8-10-5-7(11-8)4-9-3/h5-6,9H,4H2,1-3H3. The molecule has 0 aliphatic heterocycles. The highest BCUT2D eigenvalue weighted by Gasteiger charge is 2.05. The summed E-state index contributed by atoms with van der Waals surface area (Å²) in [6.07, 6.45) is 1.77. The van der Waals surface area contributed by atoms with E-state index in [1.54, 1.807) is 6.20 Å². The number of hydrogen-bond acceptors (Lipinski definition) is 3. The number of nitrogens with zero attached hydrogens (tertiary/aromatic N) is 1. The molecule has 0 saturated carbocycles. The van der Waals surface area contributed by atoms with Crippen LogP contribution in [0.5, 0.6) is 0 Å². The zero-order chi connectivity index (χ0) is 8.27. The van der Waals surface area contributed by atoms with Crippen LogP contribution in [0, 0.1) is 0 Å². The van der Waals surface area contributed by atoms with Crippen LogP contribution in [0.4, 0.5) is 0 Å². The van der Waals surface area contributed by atoms with Crippen LogP contribution in [-0.4, -0.2) is 12.0 Å². The minimum absolute atomic E-state index is 0.376. The molecule has 0 aliphatic rings. The van der Waals surface area contributed by atoms with Crippen molar-refractivity contribution in [2.24, 2.45) is 0 Å². The van der Waals surface area contributed by atoms with Gasteiger partial charge in [-0.1, -0.05) is 13.8 Å². The normalized spacial score (nSPS) is 10.9. The summed E-state index contributed by atoms with van der Waals surface area (Å²) in [6.45, 7) is 4.88. The summed E-state index contributed by atoms with van der Waals surface area (Å²) in [6, 6.07) is 0. The molecule has 0 atom stereocenters. The SMILES string of the molecule is CNCc1cnc(C(C)C)o1. The summed E-state index contributed by atoms with van der Waals surface area (Å²) in [5.41, 5.74) is 0. The Morgan fingerprint density at radius 1 is 1.64 bits per heavy atom. The van der Waals surface area contributed by atoms with Crippen LogP contribution in [0.2, 0.25) is 0 Å². The molecule has 0 amide bonds. The molecule has 1 aromatic heterocycles. The van der Waals surface area contributed by atoms with Gasteiger partial charge in [-0.3, -0.25) is 0 Å². The smallest absolute Gasteiger partial charge is 0.196 e. The summed E-state index contributed by atoms with van der Waals surface area (Å²) in [4.78, 5) is 4.13. The Labute approximate surface area is 66.8 Å². The molecule has 0 aliphatic carbocycles. The maximum Gasteiger partial charge on any atom is 0.196 e. The van der Waals surface area contributed by atoms with Crippen molar-refractivity contribution in [3.05, 3.63) is 17.8 Å². The Bertz CT molecular complexity index is 218. The van der Waals surface area contributed by atoms with Gasteiger partial charge in [0.1, 0.15) is 5.76 Å². The zero-order valence-corrected chi connectivity index (χ0v) is 7.22. The van der Waals surface area contributed by atoms with E-state index in [1.807, 2.05) is 7.05 Å². The molecule has 0 saturated heterocycles. The van der Waals surface area contributed by atoms with E-state index in [1.165, 1.54) is 0 Å². The molecule has 1 N–H and O–H groups in total. The van der Waals surface area contributed by atoms with Crippen molar-refractivity contribution in [3.8, 4) is 0 Å². The molecule has 1 rings (SSSR count). The van der Waals surface area contributed by atoms with Gasteiger partial charge in [-0.25, -0.2) is 4.98 Å². The second kappa shape index (κ2) is 3.53. The molecule has 3 heteroatoms. The molecule has 0 unspecified atom stereocenters. The van der Waals surface area contributed by atoms with E-state index < -0.39 is 0 Å². The molecule has 11 heavy (non-hydrogen) atoms. The third-order valence-corrected chi connectivity index (χ3v) is 1.42. The molecular weight excluding hydrogens is 140 g/mol. The Hall–Kier alpha value is -0.830. The van der Waals surface area contributed by atoms with Crippen molar-refractivity contribution in [2.75, 3.05) is 7.05 Å². The van der Waals surface area contributed by atoms with Gasteiger partial charge in [0.25, 0.3) is 0 Å². The minimum atomic E-state index is 0.376. The van der Waals surface area contributed by atoms with Gasteiger partial charge in [0, 0.05) is 5.92 Å². The summed E-state index contributed by atoms with van der Waals surface area (Å²) in [5.74, 6) is 2.09. The van der Waals surface area contributed by atoms with Crippen molar-refractivity contribution in [3.63, 3.8) is 0 Å². The highest BCUT2D eigenvalue weighted by atomic mass is 16.4. The van der Waals surface area contributed by atoms with Gasteiger partial charge in [-0.05, 0) is 7.05 Å². The van der Waals surface area contributed by atoms with E-state index >= 15 is 0 Å². The summed E-state index contributed by atoms with van der Waals surface area (Å²) >= 11 is 0. The van der Waals surface area contributed by atoms with Crippen LogP contribution in [0.15, 0.2) is 10.6 Å². The minimum Gasteiger partial charge on any atom is -0.444 e. The van der Waals surface area contributed by atoms with Gasteiger partial charge >= 0.3 is 0 Å². The number of oxazole rings is 1. The molecule has 62 valence electrons. The maximum absolute atomic E-state index is 5.41. The van der Waals surface area contributed by atoms with Crippen LogP contribution in [0.1, 0.15) is 31.4 Å². The van der Waals surface area contributed by atoms with Gasteiger partial charge in [0.05, 0.1) is 12.7 Å². The quantitative estimate of drug-likeness (QED) is 0.717. The van der Waals surface area contributed by atoms with E-state index in [4.69, 9.17) is 4.42 Å². The van der Waals surface area contributed by atoms with Gasteiger partial charge in [0.2, 0.25) is 0 Å². The number of aromatic nitrogens is 1. The highest BCUT2D eigenvalue weighted by Crippen LogP contribution is 2.13. The molecule has 0 bridgehead atoms. The van der Waals surface area contributed by atoms with Gasteiger partial charge in [0.15, 0.2) is 5.89 Å². The van der Waals surface area contributed by atoms with Crippen molar-refractivity contribution < 1.29 is 4.42 Å². The Kier molecular flexibility index (Phi) is 2.65. The fourth-order valence-electron chi connectivity index (χ4n) is 0.846. The molecule has 1 aromatic rings. The van der Waals surface area contributed by atoms with Crippen LogP contribution in [0.3, 0.4) is 0 Å². The largest absolute Gasteiger partial charge is 0.444 e. The molecule has 0 spiro atoms. The monoisotopic (exact) mass is 154 g/mol. The van der Waals surface area contributed by atoms with Crippen LogP contribution in [0.25, 0.3) is 0 Å². The van der Waals surface area contributed by atoms with Crippen LogP contribution >= 0.6 is 0 Å². The number of hydrogen-bond donors (Lipinski definition) is 1. The Morgan fingerprint density at radius 3 is 2.82 bits per heavy atom. The van der Waals surface area contributed by atoms with E-state index in [0.29, 0.717) is 5.92 Å². The lowest BCUT2D eigenvalue weighted by atomic mass is 10.2. The summed E-state index contributed by atoms with van der Waals surface area (Å²) < 4.78 is 5.41. The fraction of sp³-hybridized carbons (Fsp3) is 0.625. The molecule has 0 aromatic carbocycles. The van der Waals surface area contributed by atoms with E-state index in [-0.39, 0.29) is 0 Å². The maximum atomic E-state index is 5.41. The molecular formula is C8H14N2O. The Balaban J connectivity index is 2.66. The first kappa shape index (κ1) is 8.27. The second-order valence-corrected chi connectivity index (χ2v) is 2.85. The average Bonchev–Trinajstić information content (AvgIpc) is 2.37. The van der Waals surface area contributed by atoms with Gasteiger partial charge in [-0.2, -0.15) is 0 Å². The fourth-order valence-corrected chi connectivity index (χ4v) is 0.846. The van der Waals surface area contributed by atoms with Crippen LogP contribution in [-0.2, 0) is 6.54 Å². The topological polar surface area (TPSA) is 38.1 Å². The molecule has 0 radical (unpaired) electrons. The Morgan fingerprint density at radius 2 is 2.36 bits per heavy atom. The summed E-state index contributed by atoms with van der Waals surface area (Å²) in [5, 5.41) is 3.00. The lowest BCUT2D eigenvalue weighted by Gasteiger charge is -1.96. The lowest BCUT2D eigenvalue weighted by molar-refractivity contribution is 0.428. The summed E-state index contributed by atoms with van der Waals surface area (Å²) in [7, 11) is 1.89. The van der Waals surface area contributed by atoms with Crippen molar-refractivity contribution in [1.82, 2.24) is 10.3 Å². The number of rotatable bonds is 3. The van der Waals surface area contributed by atoms with Crippen molar-refractivity contribution in [1.29, 1.82) is 0 Å². The molecule has 0 fully saturated rings. The average molecular weight is 154 g/mol. The third-order valence-electron chi connectivity index (χ3n) is 1.42. The van der Waals surface area contributed by atoms with Crippen molar-refractivity contribution >= 4 is 0 Å². The third kappa shape index (κ3) is 2.05. The van der Waals surface area contributed by atoms with Crippen LogP contribution < -0.4 is 5.32 Å². The van der Waals surface area contributed by atoms with E-state index in [9.17, 15) is 0 Å². The van der Waals surface area contributed by atoms with E-state index in [0.717, 1.165) is 18.2 Å². The van der Waals surface area contributed by atoms with Gasteiger partial charge < -0.3 is 9.73 Å². The lowest BCUT2D eigenvalue weighted by Crippen LogP contribution is -2.03. The first-order valence-corrected chi connectivity index (χ1v) is 3.83. The number of nitrogens with one attached hydrogen (secondary N) is 1. The second-order valence-electron chi connectivity index (χ2n) is 2.85. The zero-order valence-electron chi connectivity index (χ0n) is 7.22. The van der Waals surface area contributed by atoms with Crippen molar-refractivity contribution in [2.45, 2.75) is 26.3 Å². The first-order chi connectivity index (χ1) is 5.24. The van der Waals surface area contributed by atoms with E-state index in [2.05, 4.69) is 24.1 Å². The predicted octanol–water partition coefficient (Wildman–Crippen LogP) is 1.52.